The number of carbonyl (C=O) groups excluding carboxylic acids is 1. The van der Waals surface area contributed by atoms with Crippen LogP contribution in [0.4, 0.5) is 21.0 Å². The highest BCUT2D eigenvalue weighted by atomic mass is 16.6. The van der Waals surface area contributed by atoms with E-state index >= 15 is 0 Å². The standard InChI is InChI=1S/C34H33N3O4/c35-26-16-14-23(15-17-26)20-37(27-9-5-7-24(19-27)25-8-6-18-36(21-25)33(38)39)34(40)41-22-32-30-12-3-1-10-28(30)29-11-2-4-13-31(29)32/h1-5,7,9-17,19,25,32H,6,8,18,20-22,35H2,(H,38,39). The number of hydrogen-bond acceptors (Lipinski definition) is 4. The summed E-state index contributed by atoms with van der Waals surface area (Å²) in [6, 6.07) is 31.9. The number of piperidine rings is 1. The minimum Gasteiger partial charge on any atom is -0.465 e. The van der Waals surface area contributed by atoms with Gasteiger partial charge in [0, 0.05) is 36.3 Å². The fourth-order valence-electron chi connectivity index (χ4n) is 6.11. The number of rotatable bonds is 6. The van der Waals surface area contributed by atoms with Crippen LogP contribution < -0.4 is 10.6 Å². The molecule has 208 valence electrons. The molecular formula is C34H33N3O4. The van der Waals surface area contributed by atoms with E-state index in [2.05, 4.69) is 24.3 Å². The molecule has 2 amide bonds. The van der Waals surface area contributed by atoms with Gasteiger partial charge in [-0.3, -0.25) is 4.90 Å². The van der Waals surface area contributed by atoms with Gasteiger partial charge in [-0.1, -0.05) is 72.8 Å². The summed E-state index contributed by atoms with van der Waals surface area (Å²) in [5.74, 6) is 0.0287. The van der Waals surface area contributed by atoms with Gasteiger partial charge in [0.25, 0.3) is 0 Å². The number of carbonyl (C=O) groups is 2. The molecule has 41 heavy (non-hydrogen) atoms. The van der Waals surface area contributed by atoms with Gasteiger partial charge in [-0.15, -0.1) is 0 Å². The number of nitrogens with zero attached hydrogens (tertiary/aromatic N) is 2. The lowest BCUT2D eigenvalue weighted by atomic mass is 9.90. The second kappa shape index (κ2) is 11.4. The molecule has 0 aromatic heterocycles. The molecule has 1 atom stereocenters. The fraction of sp³-hybridized carbons (Fsp3) is 0.235. The lowest BCUT2D eigenvalue weighted by Gasteiger charge is -2.31. The highest BCUT2D eigenvalue weighted by Gasteiger charge is 2.30. The Hall–Kier alpha value is -4.78. The molecule has 4 aromatic rings. The first-order valence-electron chi connectivity index (χ1n) is 14.0. The number of carboxylic acid groups (broad SMARTS) is 1. The van der Waals surface area contributed by atoms with Crippen LogP contribution in [-0.2, 0) is 11.3 Å². The average Bonchev–Trinajstić information content (AvgIpc) is 3.33. The van der Waals surface area contributed by atoms with Crippen LogP contribution in [0.25, 0.3) is 11.1 Å². The van der Waals surface area contributed by atoms with E-state index in [0.29, 0.717) is 31.0 Å². The molecule has 1 unspecified atom stereocenters. The lowest BCUT2D eigenvalue weighted by molar-refractivity contribution is 0.130. The zero-order valence-corrected chi connectivity index (χ0v) is 22.8. The molecule has 0 bridgehead atoms. The molecule has 3 N–H and O–H groups in total. The van der Waals surface area contributed by atoms with E-state index in [1.807, 2.05) is 72.8 Å². The van der Waals surface area contributed by atoms with Gasteiger partial charge in [0.15, 0.2) is 0 Å². The van der Waals surface area contributed by atoms with E-state index in [1.165, 1.54) is 16.0 Å². The van der Waals surface area contributed by atoms with Gasteiger partial charge in [-0.2, -0.15) is 0 Å². The van der Waals surface area contributed by atoms with E-state index in [9.17, 15) is 14.7 Å². The third-order valence-corrected chi connectivity index (χ3v) is 8.22. The molecule has 7 heteroatoms. The Morgan fingerprint density at radius 1 is 0.902 bits per heavy atom. The van der Waals surface area contributed by atoms with Crippen molar-refractivity contribution >= 4 is 23.6 Å². The number of fused-ring (bicyclic) bond motifs is 3. The summed E-state index contributed by atoms with van der Waals surface area (Å²) in [5, 5.41) is 9.52. The third kappa shape index (κ3) is 5.48. The summed E-state index contributed by atoms with van der Waals surface area (Å²) in [7, 11) is 0. The number of benzene rings is 4. The Kier molecular flexibility index (Phi) is 7.33. The minimum absolute atomic E-state index is 0.0414. The Morgan fingerprint density at radius 3 is 2.27 bits per heavy atom. The molecule has 1 fully saturated rings. The molecule has 0 spiro atoms. The van der Waals surface area contributed by atoms with Gasteiger partial charge >= 0.3 is 12.2 Å². The van der Waals surface area contributed by atoms with Crippen LogP contribution in [0.15, 0.2) is 97.1 Å². The van der Waals surface area contributed by atoms with Crippen LogP contribution in [0.5, 0.6) is 0 Å². The Balaban J connectivity index is 1.27. The largest absolute Gasteiger partial charge is 0.465 e. The quantitative estimate of drug-likeness (QED) is 0.252. The number of nitrogens with two attached hydrogens (primary N) is 1. The maximum absolute atomic E-state index is 13.8. The maximum Gasteiger partial charge on any atom is 0.414 e. The monoisotopic (exact) mass is 547 g/mol. The van der Waals surface area contributed by atoms with Crippen molar-refractivity contribution in [1.29, 1.82) is 0 Å². The van der Waals surface area contributed by atoms with Gasteiger partial charge in [-0.25, -0.2) is 9.59 Å². The number of amides is 2. The van der Waals surface area contributed by atoms with Gasteiger partial charge in [0.2, 0.25) is 0 Å². The molecule has 7 nitrogen and oxygen atoms in total. The summed E-state index contributed by atoms with van der Waals surface area (Å²) >= 11 is 0. The molecular weight excluding hydrogens is 514 g/mol. The topological polar surface area (TPSA) is 96.1 Å². The highest BCUT2D eigenvalue weighted by Crippen LogP contribution is 2.44. The maximum atomic E-state index is 13.8. The van der Waals surface area contributed by atoms with Crippen LogP contribution in [-0.4, -0.2) is 41.9 Å². The molecule has 1 aliphatic heterocycles. The van der Waals surface area contributed by atoms with E-state index in [0.717, 1.165) is 35.1 Å². The molecule has 4 aromatic carbocycles. The van der Waals surface area contributed by atoms with Crippen molar-refractivity contribution < 1.29 is 19.4 Å². The smallest absolute Gasteiger partial charge is 0.414 e. The predicted molar refractivity (Wildman–Crippen MR) is 160 cm³/mol. The normalized spacial score (nSPS) is 16.1. The number of anilines is 2. The number of hydrogen-bond donors (Lipinski definition) is 2. The van der Waals surface area contributed by atoms with Crippen molar-refractivity contribution in [3.8, 4) is 11.1 Å². The van der Waals surface area contributed by atoms with Crippen LogP contribution in [0, 0.1) is 0 Å². The third-order valence-electron chi connectivity index (χ3n) is 8.22. The van der Waals surface area contributed by atoms with Gasteiger partial charge in [0.1, 0.15) is 6.61 Å². The summed E-state index contributed by atoms with van der Waals surface area (Å²) in [5.41, 5.74) is 13.9. The zero-order valence-electron chi connectivity index (χ0n) is 22.8. The molecule has 1 aliphatic carbocycles. The highest BCUT2D eigenvalue weighted by molar-refractivity contribution is 5.88. The van der Waals surface area contributed by atoms with Crippen molar-refractivity contribution in [2.45, 2.75) is 31.2 Å². The van der Waals surface area contributed by atoms with Crippen molar-refractivity contribution in [3.63, 3.8) is 0 Å². The zero-order chi connectivity index (χ0) is 28.3. The second-order valence-corrected chi connectivity index (χ2v) is 10.8. The van der Waals surface area contributed by atoms with Crippen LogP contribution in [0.2, 0.25) is 0 Å². The SMILES string of the molecule is Nc1ccc(CN(C(=O)OCC2c3ccccc3-c3ccccc32)c2cccc(C3CCCN(C(=O)O)C3)c2)cc1. The Labute approximate surface area is 239 Å². The summed E-state index contributed by atoms with van der Waals surface area (Å²) in [6.45, 7) is 1.53. The predicted octanol–water partition coefficient (Wildman–Crippen LogP) is 7.08. The minimum atomic E-state index is -0.894. The lowest BCUT2D eigenvalue weighted by Crippen LogP contribution is -2.38. The van der Waals surface area contributed by atoms with Crippen LogP contribution >= 0.6 is 0 Å². The Morgan fingerprint density at radius 2 is 1.59 bits per heavy atom. The first-order valence-corrected chi connectivity index (χ1v) is 14.0. The van der Waals surface area contributed by atoms with E-state index in [-0.39, 0.29) is 18.4 Å². The van der Waals surface area contributed by atoms with Gasteiger partial charge in [0.05, 0.1) is 6.54 Å². The molecule has 1 saturated heterocycles. The molecule has 6 rings (SSSR count). The average molecular weight is 548 g/mol. The van der Waals surface area contributed by atoms with Gasteiger partial charge < -0.3 is 20.5 Å². The van der Waals surface area contributed by atoms with E-state index in [4.69, 9.17) is 10.5 Å². The van der Waals surface area contributed by atoms with Crippen molar-refractivity contribution in [3.05, 3.63) is 119 Å². The van der Waals surface area contributed by atoms with Crippen LogP contribution in [0.3, 0.4) is 0 Å². The van der Waals surface area contributed by atoms with Gasteiger partial charge in [-0.05, 0) is 70.5 Å². The number of ether oxygens (including phenoxy) is 1. The number of nitrogen functional groups attached to an aromatic ring is 1. The van der Waals surface area contributed by atoms with Crippen LogP contribution in [0.1, 0.15) is 46.9 Å². The molecule has 0 saturated carbocycles. The molecule has 2 aliphatic rings. The van der Waals surface area contributed by atoms with E-state index in [1.54, 1.807) is 4.90 Å². The molecule has 0 radical (unpaired) electrons. The molecule has 1 heterocycles. The van der Waals surface area contributed by atoms with Crippen molar-refractivity contribution in [2.75, 3.05) is 30.3 Å². The fourth-order valence-corrected chi connectivity index (χ4v) is 6.11. The first kappa shape index (κ1) is 26.4. The number of likely N-dealkylation sites (tertiary alicyclic amines) is 1. The van der Waals surface area contributed by atoms with E-state index < -0.39 is 12.2 Å². The summed E-state index contributed by atoms with van der Waals surface area (Å²) in [6.07, 6.45) is 0.380. The first-order chi connectivity index (χ1) is 20.0. The second-order valence-electron chi connectivity index (χ2n) is 10.8. The van der Waals surface area contributed by atoms with Crippen molar-refractivity contribution in [1.82, 2.24) is 4.90 Å². The summed E-state index contributed by atoms with van der Waals surface area (Å²) < 4.78 is 6.06. The van der Waals surface area contributed by atoms with Crippen molar-refractivity contribution in [2.24, 2.45) is 0 Å². The Bertz CT molecular complexity index is 1520. The summed E-state index contributed by atoms with van der Waals surface area (Å²) in [4.78, 5) is 28.5.